The number of hydrogen-bond donors (Lipinski definition) is 2. The van der Waals surface area contributed by atoms with Crippen molar-refractivity contribution < 1.29 is 19.1 Å². The third-order valence-corrected chi connectivity index (χ3v) is 7.34. The van der Waals surface area contributed by atoms with Gasteiger partial charge in [-0.3, -0.25) is 9.59 Å². The highest BCUT2D eigenvalue weighted by Gasteiger charge is 2.39. The van der Waals surface area contributed by atoms with Crippen LogP contribution in [0.2, 0.25) is 5.02 Å². The first-order chi connectivity index (χ1) is 19.7. The molecule has 2 N–H and O–H groups in total. The van der Waals surface area contributed by atoms with Crippen molar-refractivity contribution in [1.82, 2.24) is 10.2 Å². The topological polar surface area (TPSA) is 87.7 Å². The van der Waals surface area contributed by atoms with E-state index in [2.05, 4.69) is 10.6 Å². The minimum Gasteiger partial charge on any atom is -0.444 e. The van der Waals surface area contributed by atoms with Gasteiger partial charge in [0, 0.05) is 12.5 Å². The molecule has 3 amide bonds. The summed E-state index contributed by atoms with van der Waals surface area (Å²) < 4.78 is 5.51. The number of para-hydroxylation sites is 1. The lowest BCUT2D eigenvalue weighted by Crippen LogP contribution is -2.55. The molecule has 0 saturated heterocycles. The molecule has 0 fully saturated rings. The van der Waals surface area contributed by atoms with Crippen molar-refractivity contribution in [2.45, 2.75) is 85.5 Å². The van der Waals surface area contributed by atoms with Gasteiger partial charge >= 0.3 is 6.09 Å². The predicted molar refractivity (Wildman–Crippen MR) is 169 cm³/mol. The van der Waals surface area contributed by atoms with E-state index >= 15 is 0 Å². The number of ether oxygens (including phenoxy) is 1. The average molecular weight is 592 g/mol. The van der Waals surface area contributed by atoms with Crippen LogP contribution in [-0.4, -0.2) is 40.5 Å². The number of benzene rings is 3. The zero-order valence-electron chi connectivity index (χ0n) is 25.7. The first kappa shape index (κ1) is 32.7. The van der Waals surface area contributed by atoms with Gasteiger partial charge < -0.3 is 20.3 Å². The molecular weight excluding hydrogens is 550 g/mol. The van der Waals surface area contributed by atoms with Crippen LogP contribution in [0.25, 0.3) is 0 Å². The molecular formula is C34H42ClN3O4. The Kier molecular flexibility index (Phi) is 10.8. The monoisotopic (exact) mass is 591 g/mol. The van der Waals surface area contributed by atoms with Crippen LogP contribution in [0.1, 0.15) is 68.5 Å². The third kappa shape index (κ3) is 8.35. The van der Waals surface area contributed by atoms with Crippen LogP contribution in [0.15, 0.2) is 66.7 Å². The summed E-state index contributed by atoms with van der Waals surface area (Å²) in [5, 5.41) is 6.19. The predicted octanol–water partition coefficient (Wildman–Crippen LogP) is 7.32. The second kappa shape index (κ2) is 13.9. The van der Waals surface area contributed by atoms with Crippen LogP contribution >= 0.6 is 11.6 Å². The van der Waals surface area contributed by atoms with E-state index in [-0.39, 0.29) is 6.42 Å². The molecule has 0 heterocycles. The van der Waals surface area contributed by atoms with Crippen molar-refractivity contribution in [3.05, 3.63) is 99.6 Å². The lowest BCUT2D eigenvalue weighted by Gasteiger charge is -2.38. The minimum absolute atomic E-state index is 0.215. The summed E-state index contributed by atoms with van der Waals surface area (Å²) in [4.78, 5) is 43.3. The van der Waals surface area contributed by atoms with Crippen LogP contribution < -0.4 is 10.6 Å². The lowest BCUT2D eigenvalue weighted by atomic mass is 9.93. The van der Waals surface area contributed by atoms with Gasteiger partial charge in [-0.15, -0.1) is 0 Å². The SMILES string of the molecule is Cc1cccc(C(C(=O)Nc2c(C)cccc2Cl)N(C(=O)C(Cc2ccccc2)NC(=O)OC(C)(C)C)C(C)C)c1C. The minimum atomic E-state index is -1.01. The van der Waals surface area contributed by atoms with Crippen molar-refractivity contribution in [2.75, 3.05) is 5.32 Å². The number of rotatable bonds is 9. The Hall–Kier alpha value is -3.84. The van der Waals surface area contributed by atoms with Gasteiger partial charge in [-0.05, 0) is 89.3 Å². The van der Waals surface area contributed by atoms with Crippen molar-refractivity contribution in [1.29, 1.82) is 0 Å². The molecule has 0 spiro atoms. The van der Waals surface area contributed by atoms with Crippen molar-refractivity contribution in [3.8, 4) is 0 Å². The fraction of sp³-hybridized carbons (Fsp3) is 0.382. The molecule has 2 atom stereocenters. The van der Waals surface area contributed by atoms with Gasteiger partial charge in [0.15, 0.2) is 0 Å². The molecule has 0 aromatic heterocycles. The van der Waals surface area contributed by atoms with Crippen LogP contribution in [0.5, 0.6) is 0 Å². The van der Waals surface area contributed by atoms with Crippen molar-refractivity contribution >= 4 is 35.2 Å². The molecule has 42 heavy (non-hydrogen) atoms. The van der Waals surface area contributed by atoms with Gasteiger partial charge in [-0.1, -0.05) is 72.3 Å². The Morgan fingerprint density at radius 3 is 2.10 bits per heavy atom. The molecule has 0 radical (unpaired) electrons. The zero-order chi connectivity index (χ0) is 31.2. The Bertz CT molecular complexity index is 1400. The zero-order valence-corrected chi connectivity index (χ0v) is 26.5. The largest absolute Gasteiger partial charge is 0.444 e. The molecule has 3 rings (SSSR count). The second-order valence-electron chi connectivity index (χ2n) is 11.8. The van der Waals surface area contributed by atoms with Gasteiger partial charge in [-0.2, -0.15) is 0 Å². The highest BCUT2D eigenvalue weighted by Crippen LogP contribution is 2.32. The maximum atomic E-state index is 14.5. The van der Waals surface area contributed by atoms with Crippen LogP contribution in [0, 0.1) is 20.8 Å². The van der Waals surface area contributed by atoms with Crippen molar-refractivity contribution in [2.24, 2.45) is 0 Å². The van der Waals surface area contributed by atoms with Gasteiger partial charge in [0.05, 0.1) is 10.7 Å². The number of carbonyl (C=O) groups is 3. The molecule has 224 valence electrons. The molecule has 7 nitrogen and oxygen atoms in total. The number of alkyl carbamates (subject to hydrolysis) is 1. The fourth-order valence-electron chi connectivity index (χ4n) is 4.83. The van der Waals surface area contributed by atoms with E-state index in [0.29, 0.717) is 16.3 Å². The van der Waals surface area contributed by atoms with E-state index in [1.54, 1.807) is 31.7 Å². The summed E-state index contributed by atoms with van der Waals surface area (Å²) >= 11 is 6.48. The standard InChI is InChI=1S/C34H42ClN3O4/c1-21(2)38(32(40)28(20-25-16-10-9-11-17-25)36-33(41)42-34(6,7)8)30(26-18-12-14-22(3)24(26)5)31(39)37-29-23(4)15-13-19-27(29)35/h9-19,21,28,30H,20H2,1-8H3,(H,36,41)(H,37,39). The average Bonchev–Trinajstić information content (AvgIpc) is 2.90. The van der Waals surface area contributed by atoms with E-state index in [1.165, 1.54) is 0 Å². The maximum Gasteiger partial charge on any atom is 0.408 e. The molecule has 2 unspecified atom stereocenters. The first-order valence-corrected chi connectivity index (χ1v) is 14.5. The summed E-state index contributed by atoms with van der Waals surface area (Å²) in [7, 11) is 0. The smallest absolute Gasteiger partial charge is 0.408 e. The Morgan fingerprint density at radius 2 is 1.50 bits per heavy atom. The molecule has 0 saturated carbocycles. The molecule has 3 aromatic carbocycles. The van der Waals surface area contributed by atoms with Crippen LogP contribution in [-0.2, 0) is 20.7 Å². The number of nitrogens with zero attached hydrogens (tertiary/aromatic N) is 1. The summed E-state index contributed by atoms with van der Waals surface area (Å²) in [6.45, 7) is 14.8. The quantitative estimate of drug-likeness (QED) is 0.273. The molecule has 0 bridgehead atoms. The summed E-state index contributed by atoms with van der Waals surface area (Å²) in [6, 6.07) is 18.1. The second-order valence-corrected chi connectivity index (χ2v) is 12.2. The van der Waals surface area contributed by atoms with Gasteiger partial charge in [-0.25, -0.2) is 4.79 Å². The van der Waals surface area contributed by atoms with Crippen molar-refractivity contribution in [3.63, 3.8) is 0 Å². The van der Waals surface area contributed by atoms with E-state index in [9.17, 15) is 14.4 Å². The maximum absolute atomic E-state index is 14.5. The Morgan fingerprint density at radius 1 is 0.881 bits per heavy atom. The summed E-state index contributed by atoms with van der Waals surface area (Å²) in [6.07, 6.45) is -0.493. The highest BCUT2D eigenvalue weighted by atomic mass is 35.5. The summed E-state index contributed by atoms with van der Waals surface area (Å²) in [5.74, 6) is -0.811. The third-order valence-electron chi connectivity index (χ3n) is 7.02. The lowest BCUT2D eigenvalue weighted by molar-refractivity contribution is -0.142. The Balaban J connectivity index is 2.12. The number of aryl methyl sites for hydroxylation is 2. The van der Waals surface area contributed by atoms with Gasteiger partial charge in [0.1, 0.15) is 17.7 Å². The van der Waals surface area contributed by atoms with Crippen LogP contribution in [0.4, 0.5) is 10.5 Å². The molecule has 0 aliphatic carbocycles. The highest BCUT2D eigenvalue weighted by molar-refractivity contribution is 6.34. The van der Waals surface area contributed by atoms with E-state index in [1.807, 2.05) is 95.3 Å². The van der Waals surface area contributed by atoms with E-state index in [4.69, 9.17) is 16.3 Å². The van der Waals surface area contributed by atoms with Gasteiger partial charge in [0.2, 0.25) is 5.91 Å². The fourth-order valence-corrected chi connectivity index (χ4v) is 5.10. The Labute approximate surface area is 254 Å². The number of amides is 3. The molecule has 0 aliphatic rings. The number of anilines is 1. The van der Waals surface area contributed by atoms with E-state index < -0.39 is 41.6 Å². The molecule has 8 heteroatoms. The first-order valence-electron chi connectivity index (χ1n) is 14.2. The van der Waals surface area contributed by atoms with Crippen LogP contribution in [0.3, 0.4) is 0 Å². The van der Waals surface area contributed by atoms with Gasteiger partial charge in [0.25, 0.3) is 5.91 Å². The number of hydrogen-bond acceptors (Lipinski definition) is 4. The normalized spacial score (nSPS) is 12.8. The number of carbonyl (C=O) groups excluding carboxylic acids is 3. The summed E-state index contributed by atoms with van der Waals surface area (Å²) in [5.41, 5.74) is 3.96. The molecule has 3 aromatic rings. The number of nitrogens with one attached hydrogen (secondary N) is 2. The number of halogens is 1. The molecule has 0 aliphatic heterocycles. The van der Waals surface area contributed by atoms with E-state index in [0.717, 1.165) is 22.3 Å².